The summed E-state index contributed by atoms with van der Waals surface area (Å²) in [5.41, 5.74) is -0.304. The van der Waals surface area contributed by atoms with Gasteiger partial charge in [-0.05, 0) is 18.2 Å². The quantitative estimate of drug-likeness (QED) is 0.939. The minimum absolute atomic E-state index is 0.00211. The van der Waals surface area contributed by atoms with E-state index < -0.39 is 17.3 Å². The maximum Gasteiger partial charge on any atom is 0.338 e. The Hall–Kier alpha value is -2.65. The zero-order valence-electron chi connectivity index (χ0n) is 9.80. The van der Waals surface area contributed by atoms with Crippen molar-refractivity contribution in [1.29, 1.82) is 5.26 Å². The largest absolute Gasteiger partial charge is 0.478 e. The van der Waals surface area contributed by atoms with Crippen molar-refractivity contribution in [3.05, 3.63) is 52.4 Å². The lowest BCUT2D eigenvalue weighted by atomic mass is 10.2. The first-order valence-corrected chi connectivity index (χ1v) is 5.66. The van der Waals surface area contributed by atoms with Crippen LogP contribution in [0, 0.1) is 17.1 Å². The number of nitriles is 1. The number of halogens is 2. The van der Waals surface area contributed by atoms with Gasteiger partial charge in [0.2, 0.25) is 5.88 Å². The molecule has 0 radical (unpaired) electrons. The van der Waals surface area contributed by atoms with Gasteiger partial charge in [0.05, 0.1) is 11.1 Å². The molecule has 1 aromatic carbocycles. The molecule has 1 N–H and O–H groups in total. The van der Waals surface area contributed by atoms with Crippen LogP contribution in [0.25, 0.3) is 0 Å². The van der Waals surface area contributed by atoms with Crippen molar-refractivity contribution in [3.63, 3.8) is 0 Å². The van der Waals surface area contributed by atoms with Crippen molar-refractivity contribution in [2.75, 3.05) is 0 Å². The first-order valence-electron chi connectivity index (χ1n) is 5.28. The molecule has 0 spiro atoms. The van der Waals surface area contributed by atoms with Crippen LogP contribution in [0.4, 0.5) is 4.39 Å². The van der Waals surface area contributed by atoms with E-state index in [4.69, 9.17) is 26.7 Å². The van der Waals surface area contributed by atoms with E-state index in [1.54, 1.807) is 0 Å². The standard InChI is InChI=1S/C13H6ClFN2O3/c14-11-7(6-16)3-4-17-12(11)20-8-1-2-9(13(18)19)10(15)5-8/h1-5H,(H,18,19). The normalized spacial score (nSPS) is 9.85. The highest BCUT2D eigenvalue weighted by Gasteiger charge is 2.13. The van der Waals surface area contributed by atoms with Gasteiger partial charge in [0.15, 0.2) is 0 Å². The highest BCUT2D eigenvalue weighted by atomic mass is 35.5. The third kappa shape index (κ3) is 2.68. The lowest BCUT2D eigenvalue weighted by molar-refractivity contribution is 0.0692. The predicted octanol–water partition coefficient (Wildman–Crippen LogP) is 3.24. The molecule has 1 heterocycles. The topological polar surface area (TPSA) is 83.2 Å². The first kappa shape index (κ1) is 13.8. The number of ether oxygens (including phenoxy) is 1. The molecule has 1 aromatic heterocycles. The molecule has 0 amide bonds. The third-order valence-corrected chi connectivity index (χ3v) is 2.73. The van der Waals surface area contributed by atoms with E-state index in [0.29, 0.717) is 0 Å². The summed E-state index contributed by atoms with van der Waals surface area (Å²) in [5.74, 6) is -2.36. The number of hydrogen-bond donors (Lipinski definition) is 1. The molecular weight excluding hydrogens is 287 g/mol. The average Bonchev–Trinajstić information content (AvgIpc) is 2.41. The maximum atomic E-state index is 13.5. The molecule has 0 saturated carbocycles. The molecule has 0 aliphatic rings. The van der Waals surface area contributed by atoms with Crippen molar-refractivity contribution < 1.29 is 19.0 Å². The smallest absolute Gasteiger partial charge is 0.338 e. The fraction of sp³-hybridized carbons (Fsp3) is 0. The second kappa shape index (κ2) is 5.55. The predicted molar refractivity (Wildman–Crippen MR) is 67.4 cm³/mol. The van der Waals surface area contributed by atoms with Gasteiger partial charge < -0.3 is 9.84 Å². The van der Waals surface area contributed by atoms with E-state index in [1.807, 2.05) is 6.07 Å². The molecular formula is C13H6ClFN2O3. The number of benzene rings is 1. The zero-order valence-corrected chi connectivity index (χ0v) is 10.6. The number of rotatable bonds is 3. The van der Waals surface area contributed by atoms with Crippen LogP contribution in [-0.2, 0) is 0 Å². The minimum atomic E-state index is -1.38. The van der Waals surface area contributed by atoms with Gasteiger partial charge in [-0.3, -0.25) is 0 Å². The molecule has 0 fully saturated rings. The van der Waals surface area contributed by atoms with Crippen LogP contribution in [0.5, 0.6) is 11.6 Å². The SMILES string of the molecule is N#Cc1ccnc(Oc2ccc(C(=O)O)c(F)c2)c1Cl. The van der Waals surface area contributed by atoms with Gasteiger partial charge in [0.25, 0.3) is 0 Å². The lowest BCUT2D eigenvalue weighted by Crippen LogP contribution is -2.00. The van der Waals surface area contributed by atoms with Gasteiger partial charge in [-0.25, -0.2) is 14.2 Å². The Labute approximate surface area is 117 Å². The molecule has 20 heavy (non-hydrogen) atoms. The summed E-state index contributed by atoms with van der Waals surface area (Å²) in [5, 5.41) is 17.5. The fourth-order valence-electron chi connectivity index (χ4n) is 1.43. The Morgan fingerprint density at radius 3 is 2.80 bits per heavy atom. The van der Waals surface area contributed by atoms with Crippen molar-refractivity contribution in [3.8, 4) is 17.7 Å². The van der Waals surface area contributed by atoms with E-state index in [9.17, 15) is 9.18 Å². The van der Waals surface area contributed by atoms with E-state index >= 15 is 0 Å². The molecule has 0 aliphatic carbocycles. The Morgan fingerprint density at radius 1 is 1.45 bits per heavy atom. The van der Waals surface area contributed by atoms with Crippen LogP contribution in [0.2, 0.25) is 5.02 Å². The number of nitrogens with zero attached hydrogens (tertiary/aromatic N) is 2. The summed E-state index contributed by atoms with van der Waals surface area (Å²) < 4.78 is 18.7. The van der Waals surface area contributed by atoms with E-state index in [-0.39, 0.29) is 22.2 Å². The molecule has 7 heteroatoms. The van der Waals surface area contributed by atoms with Gasteiger partial charge in [-0.1, -0.05) is 11.6 Å². The van der Waals surface area contributed by atoms with Gasteiger partial charge >= 0.3 is 5.97 Å². The van der Waals surface area contributed by atoms with Crippen LogP contribution < -0.4 is 4.74 Å². The summed E-state index contributed by atoms with van der Waals surface area (Å²) in [4.78, 5) is 14.5. The van der Waals surface area contributed by atoms with Gasteiger partial charge in [0, 0.05) is 12.3 Å². The van der Waals surface area contributed by atoms with Gasteiger partial charge in [-0.15, -0.1) is 0 Å². The second-order valence-electron chi connectivity index (χ2n) is 3.64. The van der Waals surface area contributed by atoms with Crippen LogP contribution >= 0.6 is 11.6 Å². The second-order valence-corrected chi connectivity index (χ2v) is 4.02. The Morgan fingerprint density at radius 2 is 2.20 bits per heavy atom. The van der Waals surface area contributed by atoms with Gasteiger partial charge in [0.1, 0.15) is 22.7 Å². The summed E-state index contributed by atoms with van der Waals surface area (Å²) in [6.45, 7) is 0. The van der Waals surface area contributed by atoms with Crippen molar-refractivity contribution in [1.82, 2.24) is 4.98 Å². The highest BCUT2D eigenvalue weighted by Crippen LogP contribution is 2.30. The number of carboxylic acids is 1. The molecule has 0 atom stereocenters. The fourth-order valence-corrected chi connectivity index (χ4v) is 1.62. The summed E-state index contributed by atoms with van der Waals surface area (Å²) >= 11 is 5.88. The number of pyridine rings is 1. The van der Waals surface area contributed by atoms with Crippen LogP contribution in [-0.4, -0.2) is 16.1 Å². The molecule has 2 aromatic rings. The number of hydrogen-bond acceptors (Lipinski definition) is 4. The Balaban J connectivity index is 2.34. The minimum Gasteiger partial charge on any atom is -0.478 e. The Kier molecular flexibility index (Phi) is 3.82. The monoisotopic (exact) mass is 292 g/mol. The summed E-state index contributed by atoms with van der Waals surface area (Å²) in [7, 11) is 0. The first-order chi connectivity index (χ1) is 9.52. The van der Waals surface area contributed by atoms with Gasteiger partial charge in [-0.2, -0.15) is 5.26 Å². The third-order valence-electron chi connectivity index (χ3n) is 2.36. The summed E-state index contributed by atoms with van der Waals surface area (Å²) in [6.07, 6.45) is 1.32. The van der Waals surface area contributed by atoms with E-state index in [1.165, 1.54) is 18.3 Å². The van der Waals surface area contributed by atoms with Crippen LogP contribution in [0.15, 0.2) is 30.5 Å². The number of aromatic carboxylic acids is 1. The maximum absolute atomic E-state index is 13.5. The average molecular weight is 293 g/mol. The molecule has 100 valence electrons. The Bertz CT molecular complexity index is 728. The lowest BCUT2D eigenvalue weighted by Gasteiger charge is -2.07. The molecule has 0 unspecified atom stereocenters. The highest BCUT2D eigenvalue weighted by molar-refractivity contribution is 6.33. The number of carbonyl (C=O) groups is 1. The molecule has 0 saturated heterocycles. The van der Waals surface area contributed by atoms with E-state index in [0.717, 1.165) is 12.1 Å². The van der Waals surface area contributed by atoms with Crippen molar-refractivity contribution in [2.24, 2.45) is 0 Å². The van der Waals surface area contributed by atoms with Crippen LogP contribution in [0.3, 0.4) is 0 Å². The zero-order chi connectivity index (χ0) is 14.7. The van der Waals surface area contributed by atoms with Crippen LogP contribution in [0.1, 0.15) is 15.9 Å². The molecule has 5 nitrogen and oxygen atoms in total. The summed E-state index contributed by atoms with van der Waals surface area (Å²) in [6, 6.07) is 6.49. The number of aromatic nitrogens is 1. The van der Waals surface area contributed by atoms with Crippen molar-refractivity contribution >= 4 is 17.6 Å². The number of carboxylic acid groups (broad SMARTS) is 1. The van der Waals surface area contributed by atoms with E-state index in [2.05, 4.69) is 4.98 Å². The molecule has 0 aliphatic heterocycles. The molecule has 2 rings (SSSR count). The van der Waals surface area contributed by atoms with Crippen molar-refractivity contribution in [2.45, 2.75) is 0 Å². The molecule has 0 bridgehead atoms.